The van der Waals surface area contributed by atoms with Gasteiger partial charge in [-0.05, 0) is 12.3 Å². The van der Waals surface area contributed by atoms with E-state index in [1.165, 1.54) is 0 Å². The van der Waals surface area contributed by atoms with E-state index in [1.807, 2.05) is 6.08 Å². The van der Waals surface area contributed by atoms with Gasteiger partial charge < -0.3 is 11.5 Å². The van der Waals surface area contributed by atoms with Crippen molar-refractivity contribution in [3.8, 4) is 0 Å². The first-order valence-electron chi connectivity index (χ1n) is 4.23. The molecule has 70 valence electrons. The van der Waals surface area contributed by atoms with Gasteiger partial charge in [-0.2, -0.15) is 0 Å². The van der Waals surface area contributed by atoms with Crippen LogP contribution in [0.1, 0.15) is 26.7 Å². The molecule has 0 spiro atoms. The zero-order valence-electron chi connectivity index (χ0n) is 7.79. The molecule has 0 aliphatic rings. The molecule has 0 radical (unpaired) electrons. The van der Waals surface area contributed by atoms with Gasteiger partial charge in [0.2, 0.25) is 5.91 Å². The minimum absolute atomic E-state index is 0.0457. The second kappa shape index (κ2) is 5.77. The first-order chi connectivity index (χ1) is 5.52. The Hall–Kier alpha value is -0.830. The molecule has 0 aromatic carbocycles. The molecule has 0 saturated carbocycles. The summed E-state index contributed by atoms with van der Waals surface area (Å²) in [6.45, 7) is 4.23. The second-order valence-corrected chi connectivity index (χ2v) is 3.39. The lowest BCUT2D eigenvalue weighted by atomic mass is 10.0. The van der Waals surface area contributed by atoms with Crippen molar-refractivity contribution in [1.82, 2.24) is 0 Å². The van der Waals surface area contributed by atoms with Crippen molar-refractivity contribution < 1.29 is 4.79 Å². The van der Waals surface area contributed by atoms with Crippen molar-refractivity contribution in [2.24, 2.45) is 17.4 Å². The van der Waals surface area contributed by atoms with Gasteiger partial charge in [-0.25, -0.2) is 0 Å². The van der Waals surface area contributed by atoms with Crippen molar-refractivity contribution in [2.45, 2.75) is 32.7 Å². The summed E-state index contributed by atoms with van der Waals surface area (Å²) in [5.41, 5.74) is 10.7. The van der Waals surface area contributed by atoms with Gasteiger partial charge in [0.1, 0.15) is 0 Å². The van der Waals surface area contributed by atoms with E-state index in [4.69, 9.17) is 11.5 Å². The number of hydrogen-bond donors (Lipinski definition) is 2. The summed E-state index contributed by atoms with van der Waals surface area (Å²) in [4.78, 5) is 10.3. The Balaban J connectivity index is 3.60. The largest absolute Gasteiger partial charge is 0.369 e. The van der Waals surface area contributed by atoms with Gasteiger partial charge in [0.15, 0.2) is 0 Å². The van der Waals surface area contributed by atoms with Gasteiger partial charge in [0.05, 0.1) is 0 Å². The lowest BCUT2D eigenvalue weighted by molar-refractivity contribution is -0.117. The number of hydrogen-bond acceptors (Lipinski definition) is 2. The predicted molar refractivity (Wildman–Crippen MR) is 50.4 cm³/mol. The summed E-state index contributed by atoms with van der Waals surface area (Å²) in [5, 5.41) is 0. The number of nitrogens with two attached hydrogens (primary N) is 2. The van der Waals surface area contributed by atoms with Crippen LogP contribution in [0.2, 0.25) is 0 Å². The summed E-state index contributed by atoms with van der Waals surface area (Å²) in [6.07, 6.45) is 4.79. The Kier molecular flexibility index (Phi) is 5.37. The Morgan fingerprint density at radius 3 is 2.50 bits per heavy atom. The third-order valence-electron chi connectivity index (χ3n) is 1.45. The van der Waals surface area contributed by atoms with E-state index in [0.717, 1.165) is 6.42 Å². The highest BCUT2D eigenvalue weighted by atomic mass is 16.1. The fourth-order valence-corrected chi connectivity index (χ4v) is 0.982. The molecular weight excluding hydrogens is 152 g/mol. The molecule has 12 heavy (non-hydrogen) atoms. The van der Waals surface area contributed by atoms with Crippen molar-refractivity contribution in [3.63, 3.8) is 0 Å². The van der Waals surface area contributed by atoms with Crippen molar-refractivity contribution in [1.29, 1.82) is 0 Å². The highest BCUT2D eigenvalue weighted by Gasteiger charge is 2.00. The molecule has 0 unspecified atom stereocenters. The SMILES string of the molecule is CC(C)C[C@H](N)/C=C/CC(N)=O. The van der Waals surface area contributed by atoms with Crippen LogP contribution in [0.25, 0.3) is 0 Å². The second-order valence-electron chi connectivity index (χ2n) is 3.39. The van der Waals surface area contributed by atoms with Gasteiger partial charge >= 0.3 is 0 Å². The first kappa shape index (κ1) is 11.2. The highest BCUT2D eigenvalue weighted by Crippen LogP contribution is 2.03. The van der Waals surface area contributed by atoms with E-state index in [9.17, 15) is 4.79 Å². The van der Waals surface area contributed by atoms with Crippen molar-refractivity contribution >= 4 is 5.91 Å². The molecule has 1 atom stereocenters. The standard InChI is InChI=1S/C9H18N2O/c1-7(2)6-8(10)4-3-5-9(11)12/h3-4,7-8H,5-6,10H2,1-2H3,(H2,11,12)/b4-3+/t8-/m1/s1. The lowest BCUT2D eigenvalue weighted by Gasteiger charge is -2.08. The highest BCUT2D eigenvalue weighted by molar-refractivity contribution is 5.75. The molecule has 0 aliphatic heterocycles. The van der Waals surface area contributed by atoms with E-state index >= 15 is 0 Å². The molecule has 0 bridgehead atoms. The summed E-state index contributed by atoms with van der Waals surface area (Å²) >= 11 is 0. The molecule has 0 aliphatic carbocycles. The van der Waals surface area contributed by atoms with Gasteiger partial charge in [-0.15, -0.1) is 0 Å². The van der Waals surface area contributed by atoms with Gasteiger partial charge in [-0.3, -0.25) is 4.79 Å². The maximum Gasteiger partial charge on any atom is 0.221 e. The van der Waals surface area contributed by atoms with Gasteiger partial charge in [-0.1, -0.05) is 26.0 Å². The Labute approximate surface area is 73.8 Å². The topological polar surface area (TPSA) is 69.1 Å². The smallest absolute Gasteiger partial charge is 0.221 e. The molecule has 4 N–H and O–H groups in total. The van der Waals surface area contributed by atoms with Gasteiger partial charge in [0, 0.05) is 12.5 Å². The minimum Gasteiger partial charge on any atom is -0.369 e. The maximum absolute atomic E-state index is 10.3. The average Bonchev–Trinajstić information content (AvgIpc) is 1.84. The Morgan fingerprint density at radius 1 is 1.50 bits per heavy atom. The summed E-state index contributed by atoms with van der Waals surface area (Å²) in [5.74, 6) is 0.265. The summed E-state index contributed by atoms with van der Waals surface area (Å²) < 4.78 is 0. The third kappa shape index (κ3) is 7.28. The number of primary amides is 1. The maximum atomic E-state index is 10.3. The third-order valence-corrected chi connectivity index (χ3v) is 1.45. The van der Waals surface area contributed by atoms with Crippen LogP contribution in [-0.2, 0) is 4.79 Å². The summed E-state index contributed by atoms with van der Waals surface area (Å²) in [7, 11) is 0. The van der Waals surface area contributed by atoms with E-state index in [0.29, 0.717) is 5.92 Å². The zero-order chi connectivity index (χ0) is 9.56. The number of rotatable bonds is 5. The van der Waals surface area contributed by atoms with Crippen LogP contribution < -0.4 is 11.5 Å². The number of amides is 1. The molecule has 1 amide bonds. The molecule has 0 aromatic heterocycles. The van der Waals surface area contributed by atoms with Crippen LogP contribution in [0, 0.1) is 5.92 Å². The van der Waals surface area contributed by atoms with Crippen LogP contribution in [0.4, 0.5) is 0 Å². The average molecular weight is 170 g/mol. The molecular formula is C9H18N2O. The normalized spacial score (nSPS) is 14.0. The van der Waals surface area contributed by atoms with Crippen LogP contribution >= 0.6 is 0 Å². The molecule has 3 heteroatoms. The van der Waals surface area contributed by atoms with Crippen LogP contribution in [-0.4, -0.2) is 11.9 Å². The fourth-order valence-electron chi connectivity index (χ4n) is 0.982. The number of carbonyl (C=O) groups is 1. The summed E-state index contributed by atoms with van der Waals surface area (Å²) in [6, 6.07) is 0.0457. The van der Waals surface area contributed by atoms with E-state index in [2.05, 4.69) is 13.8 Å². The molecule has 0 heterocycles. The Morgan fingerprint density at radius 2 is 2.08 bits per heavy atom. The zero-order valence-corrected chi connectivity index (χ0v) is 7.79. The molecule has 0 saturated heterocycles. The number of carbonyl (C=O) groups excluding carboxylic acids is 1. The van der Waals surface area contributed by atoms with E-state index < -0.39 is 0 Å². The van der Waals surface area contributed by atoms with Crippen LogP contribution in [0.15, 0.2) is 12.2 Å². The molecule has 3 nitrogen and oxygen atoms in total. The molecule has 0 rings (SSSR count). The molecule has 0 aromatic rings. The lowest BCUT2D eigenvalue weighted by Crippen LogP contribution is -2.19. The van der Waals surface area contributed by atoms with Crippen molar-refractivity contribution in [2.75, 3.05) is 0 Å². The Bertz CT molecular complexity index is 164. The van der Waals surface area contributed by atoms with E-state index in [1.54, 1.807) is 6.08 Å². The minimum atomic E-state index is -0.317. The predicted octanol–water partition coefficient (Wildman–Crippen LogP) is 0.791. The quantitative estimate of drug-likeness (QED) is 0.599. The monoisotopic (exact) mass is 170 g/mol. The fraction of sp³-hybridized carbons (Fsp3) is 0.667. The van der Waals surface area contributed by atoms with E-state index in [-0.39, 0.29) is 18.4 Å². The van der Waals surface area contributed by atoms with Crippen molar-refractivity contribution in [3.05, 3.63) is 12.2 Å². The van der Waals surface area contributed by atoms with Crippen LogP contribution in [0.5, 0.6) is 0 Å². The van der Waals surface area contributed by atoms with Crippen LogP contribution in [0.3, 0.4) is 0 Å². The molecule has 0 fully saturated rings. The first-order valence-corrected chi connectivity index (χ1v) is 4.23. The van der Waals surface area contributed by atoms with Gasteiger partial charge in [0.25, 0.3) is 0 Å².